The first-order valence-electron chi connectivity index (χ1n) is 11.0. The van der Waals surface area contributed by atoms with Gasteiger partial charge in [-0.15, -0.1) is 0 Å². The molecule has 1 aliphatic heterocycles. The maximum absolute atomic E-state index is 13.9. The third kappa shape index (κ3) is 6.49. The van der Waals surface area contributed by atoms with E-state index in [1.165, 1.54) is 4.31 Å². The van der Waals surface area contributed by atoms with Crippen LogP contribution in [0.25, 0.3) is 5.57 Å². The van der Waals surface area contributed by atoms with Gasteiger partial charge in [0, 0.05) is 25.6 Å². The molecule has 1 atom stereocenters. The molecule has 2 aromatic rings. The van der Waals surface area contributed by atoms with E-state index in [2.05, 4.69) is 5.32 Å². The predicted molar refractivity (Wildman–Crippen MR) is 124 cm³/mol. The maximum atomic E-state index is 13.9. The van der Waals surface area contributed by atoms with Crippen molar-refractivity contribution in [2.45, 2.75) is 32.2 Å². The number of nitrogens with zero attached hydrogens (tertiary/aromatic N) is 1. The van der Waals surface area contributed by atoms with E-state index >= 15 is 0 Å². The number of sulfonamides is 1. The van der Waals surface area contributed by atoms with Crippen LogP contribution in [0.15, 0.2) is 42.5 Å². The second-order valence-corrected chi connectivity index (χ2v) is 10.3. The van der Waals surface area contributed by atoms with Gasteiger partial charge in [-0.3, -0.25) is 4.79 Å². The predicted octanol–water partition coefficient (Wildman–Crippen LogP) is 3.36. The Morgan fingerprint density at radius 2 is 1.83 bits per heavy atom. The summed E-state index contributed by atoms with van der Waals surface area (Å²) < 4.78 is 66.5. The van der Waals surface area contributed by atoms with E-state index in [1.807, 2.05) is 13.0 Å². The fraction of sp³-hybridized carbons (Fsp3) is 0.333. The quantitative estimate of drug-likeness (QED) is 0.504. The average Bonchev–Trinajstić information content (AvgIpc) is 2.81. The molecule has 7 nitrogen and oxygen atoms in total. The molecule has 0 radical (unpaired) electrons. The normalized spacial score (nSPS) is 15.4. The van der Waals surface area contributed by atoms with Crippen LogP contribution >= 0.6 is 0 Å². The first-order chi connectivity index (χ1) is 16.5. The van der Waals surface area contributed by atoms with Crippen molar-refractivity contribution in [2.75, 3.05) is 18.8 Å². The number of carbonyl (C=O) groups excluding carboxylic acids is 1. The summed E-state index contributed by atoms with van der Waals surface area (Å²) in [6, 6.07) is 6.17. The monoisotopic (exact) mass is 510 g/mol. The van der Waals surface area contributed by atoms with Crippen LogP contribution in [-0.2, 0) is 21.2 Å². The van der Waals surface area contributed by atoms with Crippen molar-refractivity contribution in [3.05, 3.63) is 76.6 Å². The molecule has 0 unspecified atom stereocenters. The van der Waals surface area contributed by atoms with Gasteiger partial charge in [0.1, 0.15) is 11.9 Å². The molecule has 0 saturated heterocycles. The van der Waals surface area contributed by atoms with Crippen LogP contribution in [0, 0.1) is 17.5 Å². The van der Waals surface area contributed by atoms with E-state index in [0.29, 0.717) is 31.0 Å². The molecular weight excluding hydrogens is 485 g/mol. The summed E-state index contributed by atoms with van der Waals surface area (Å²) in [4.78, 5) is 23.9. The fourth-order valence-electron chi connectivity index (χ4n) is 3.80. The Balaban J connectivity index is 1.68. The summed E-state index contributed by atoms with van der Waals surface area (Å²) in [6.45, 7) is 2.47. The summed E-state index contributed by atoms with van der Waals surface area (Å²) in [5.74, 6) is -6.84. The number of benzene rings is 2. The van der Waals surface area contributed by atoms with Crippen LogP contribution in [0.1, 0.15) is 41.3 Å². The highest BCUT2D eigenvalue weighted by Gasteiger charge is 2.26. The van der Waals surface area contributed by atoms with Crippen molar-refractivity contribution < 1.29 is 36.3 Å². The van der Waals surface area contributed by atoms with Gasteiger partial charge in [0.15, 0.2) is 11.6 Å². The van der Waals surface area contributed by atoms with Crippen molar-refractivity contribution in [2.24, 2.45) is 0 Å². The topological polar surface area (TPSA) is 104 Å². The smallest absolute Gasteiger partial charge is 0.326 e. The lowest BCUT2D eigenvalue weighted by molar-refractivity contribution is -0.139. The van der Waals surface area contributed by atoms with Crippen molar-refractivity contribution in [3.8, 4) is 0 Å². The SMILES string of the molecule is CCCS(=O)(=O)N1CC=C(c2ccc(C[C@H](NC(=O)c3cc(F)cc(F)c3F)C(=O)O)cc2)CC1. The Kier molecular flexibility index (Phi) is 8.34. The number of hydrogen-bond donors (Lipinski definition) is 2. The maximum Gasteiger partial charge on any atom is 0.326 e. The minimum atomic E-state index is -3.27. The zero-order valence-electron chi connectivity index (χ0n) is 18.9. The van der Waals surface area contributed by atoms with Crippen LogP contribution in [-0.4, -0.2) is 54.6 Å². The van der Waals surface area contributed by atoms with Crippen LogP contribution in [0.4, 0.5) is 13.2 Å². The Labute approximate surface area is 201 Å². The van der Waals surface area contributed by atoms with Gasteiger partial charge < -0.3 is 10.4 Å². The second kappa shape index (κ2) is 11.0. The van der Waals surface area contributed by atoms with Gasteiger partial charge in [-0.25, -0.2) is 26.4 Å². The third-order valence-electron chi connectivity index (χ3n) is 5.63. The van der Waals surface area contributed by atoms with Gasteiger partial charge in [0.05, 0.1) is 11.3 Å². The van der Waals surface area contributed by atoms with Gasteiger partial charge in [-0.2, -0.15) is 4.31 Å². The summed E-state index contributed by atoms with van der Waals surface area (Å²) in [5.41, 5.74) is 1.44. The molecular formula is C24H25F3N2O5S. The van der Waals surface area contributed by atoms with Crippen LogP contribution in [0.3, 0.4) is 0 Å². The lowest BCUT2D eigenvalue weighted by atomic mass is 9.97. The minimum absolute atomic E-state index is 0.104. The molecule has 1 aliphatic rings. The highest BCUT2D eigenvalue weighted by molar-refractivity contribution is 7.89. The summed E-state index contributed by atoms with van der Waals surface area (Å²) in [6.07, 6.45) is 2.77. The molecule has 188 valence electrons. The first-order valence-corrected chi connectivity index (χ1v) is 12.6. The second-order valence-electron chi connectivity index (χ2n) is 8.17. The van der Waals surface area contributed by atoms with E-state index in [9.17, 15) is 36.3 Å². The van der Waals surface area contributed by atoms with Crippen molar-refractivity contribution >= 4 is 27.5 Å². The highest BCUT2D eigenvalue weighted by Crippen LogP contribution is 2.24. The zero-order chi connectivity index (χ0) is 25.8. The Morgan fingerprint density at radius 3 is 2.40 bits per heavy atom. The number of carboxylic acids is 1. The molecule has 0 spiro atoms. The summed E-state index contributed by atoms with van der Waals surface area (Å²) in [5, 5.41) is 11.6. The van der Waals surface area contributed by atoms with Gasteiger partial charge >= 0.3 is 5.97 Å². The molecule has 11 heteroatoms. The van der Waals surface area contributed by atoms with E-state index < -0.39 is 51.0 Å². The summed E-state index contributed by atoms with van der Waals surface area (Å²) in [7, 11) is -3.27. The van der Waals surface area contributed by atoms with E-state index in [0.717, 1.165) is 11.1 Å². The Hall–Kier alpha value is -3.18. The summed E-state index contributed by atoms with van der Waals surface area (Å²) >= 11 is 0. The number of aliphatic carboxylic acids is 1. The molecule has 0 saturated carbocycles. The average molecular weight is 511 g/mol. The lowest BCUT2D eigenvalue weighted by Crippen LogP contribution is -2.42. The van der Waals surface area contributed by atoms with Crippen LogP contribution in [0.2, 0.25) is 0 Å². The Bertz CT molecular complexity index is 1250. The minimum Gasteiger partial charge on any atom is -0.480 e. The Morgan fingerprint density at radius 1 is 1.14 bits per heavy atom. The molecule has 0 aliphatic carbocycles. The molecule has 2 N–H and O–H groups in total. The molecule has 2 aromatic carbocycles. The number of carboxylic acid groups (broad SMARTS) is 1. The molecule has 1 heterocycles. The van der Waals surface area contributed by atoms with Gasteiger partial charge in [0.25, 0.3) is 5.91 Å². The zero-order valence-corrected chi connectivity index (χ0v) is 19.7. The molecule has 0 fully saturated rings. The molecule has 35 heavy (non-hydrogen) atoms. The molecule has 3 rings (SSSR count). The van der Waals surface area contributed by atoms with Crippen molar-refractivity contribution in [1.82, 2.24) is 9.62 Å². The third-order valence-corrected chi connectivity index (χ3v) is 7.68. The number of carbonyl (C=O) groups is 2. The van der Waals surface area contributed by atoms with Gasteiger partial charge in [0.2, 0.25) is 10.0 Å². The first kappa shape index (κ1) is 26.4. The lowest BCUT2D eigenvalue weighted by Gasteiger charge is -2.26. The van der Waals surface area contributed by atoms with Crippen LogP contribution in [0.5, 0.6) is 0 Å². The number of halogens is 3. The van der Waals surface area contributed by atoms with Crippen molar-refractivity contribution in [3.63, 3.8) is 0 Å². The molecule has 1 amide bonds. The number of rotatable bonds is 9. The van der Waals surface area contributed by atoms with Crippen molar-refractivity contribution in [1.29, 1.82) is 0 Å². The number of amides is 1. The van der Waals surface area contributed by atoms with Gasteiger partial charge in [-0.05, 0) is 35.6 Å². The highest BCUT2D eigenvalue weighted by atomic mass is 32.2. The van der Waals surface area contributed by atoms with E-state index in [4.69, 9.17) is 0 Å². The fourth-order valence-corrected chi connectivity index (χ4v) is 5.25. The molecule has 0 aromatic heterocycles. The number of hydrogen-bond acceptors (Lipinski definition) is 4. The van der Waals surface area contributed by atoms with E-state index in [-0.39, 0.29) is 24.8 Å². The molecule has 0 bridgehead atoms. The van der Waals surface area contributed by atoms with Crippen LogP contribution < -0.4 is 5.32 Å². The van der Waals surface area contributed by atoms with E-state index in [1.54, 1.807) is 24.3 Å². The standard InChI is InChI=1S/C24H25F3N2O5S/c1-2-11-35(33,34)29-9-7-17(8-10-29)16-5-3-15(4-6-16)12-21(24(31)32)28-23(30)19-13-18(25)14-20(26)22(19)27/h3-7,13-14,21H,2,8-12H2,1H3,(H,28,30)(H,31,32)/t21-/m0/s1. The largest absolute Gasteiger partial charge is 0.480 e. The van der Waals surface area contributed by atoms with Gasteiger partial charge in [-0.1, -0.05) is 37.3 Å². The number of nitrogens with one attached hydrogen (secondary N) is 1.